The number of aryl methyl sites for hydroxylation is 1. The molecule has 0 atom stereocenters. The van der Waals surface area contributed by atoms with E-state index in [-0.39, 0.29) is 15.7 Å². The van der Waals surface area contributed by atoms with Crippen LogP contribution in [0.25, 0.3) is 0 Å². The summed E-state index contributed by atoms with van der Waals surface area (Å²) in [5.41, 5.74) is 1.65. The van der Waals surface area contributed by atoms with Gasteiger partial charge in [-0.05, 0) is 36.8 Å². The molecule has 0 spiro atoms. The molecule has 0 aliphatic heterocycles. The Balaban J connectivity index is 1.76. The van der Waals surface area contributed by atoms with Crippen molar-refractivity contribution in [2.75, 3.05) is 4.72 Å². The van der Waals surface area contributed by atoms with Gasteiger partial charge in [-0.1, -0.05) is 35.4 Å². The fourth-order valence-electron chi connectivity index (χ4n) is 2.24. The molecule has 0 saturated heterocycles. The monoisotopic (exact) mass is 379 g/mol. The Morgan fingerprint density at radius 1 is 1.16 bits per heavy atom. The van der Waals surface area contributed by atoms with Crippen LogP contribution < -0.4 is 4.72 Å². The van der Waals surface area contributed by atoms with E-state index in [0.29, 0.717) is 12.1 Å². The number of hydrogen-bond donors (Lipinski definition) is 1. The minimum atomic E-state index is -3.70. The van der Waals surface area contributed by atoms with Crippen molar-refractivity contribution in [1.29, 1.82) is 0 Å². The van der Waals surface area contributed by atoms with Crippen molar-refractivity contribution in [3.8, 4) is 0 Å². The lowest BCUT2D eigenvalue weighted by molar-refractivity contribution is 0.600. The number of aromatic nitrogens is 2. The van der Waals surface area contributed by atoms with Crippen molar-refractivity contribution >= 4 is 27.4 Å². The van der Waals surface area contributed by atoms with Crippen LogP contribution in [0.3, 0.4) is 0 Å². The summed E-state index contributed by atoms with van der Waals surface area (Å²) in [6.07, 6.45) is 1.62. The van der Waals surface area contributed by atoms with E-state index in [9.17, 15) is 12.8 Å². The zero-order valence-electron chi connectivity index (χ0n) is 13.3. The Bertz CT molecular complexity index is 1000. The second kappa shape index (κ2) is 6.85. The number of rotatable bonds is 5. The highest BCUT2D eigenvalue weighted by atomic mass is 35.5. The molecule has 25 heavy (non-hydrogen) atoms. The Labute approximate surface area is 150 Å². The summed E-state index contributed by atoms with van der Waals surface area (Å²) in [5, 5.41) is 4.46. The maximum Gasteiger partial charge on any atom is 0.263 e. The number of benzene rings is 2. The quantitative estimate of drug-likeness (QED) is 0.732. The van der Waals surface area contributed by atoms with Crippen LogP contribution in [0.4, 0.5) is 10.2 Å². The molecule has 1 aromatic heterocycles. The summed E-state index contributed by atoms with van der Waals surface area (Å²) in [7, 11) is -3.70. The summed E-state index contributed by atoms with van der Waals surface area (Å²) < 4.78 is 41.7. The van der Waals surface area contributed by atoms with Crippen LogP contribution >= 0.6 is 11.6 Å². The second-order valence-electron chi connectivity index (χ2n) is 5.55. The molecule has 0 aliphatic rings. The summed E-state index contributed by atoms with van der Waals surface area (Å²) in [5.74, 6) is -0.223. The van der Waals surface area contributed by atoms with Crippen LogP contribution in [-0.2, 0) is 16.6 Å². The molecule has 2 aromatic carbocycles. The highest BCUT2D eigenvalue weighted by Gasteiger charge is 2.15. The van der Waals surface area contributed by atoms with Crippen molar-refractivity contribution in [2.24, 2.45) is 0 Å². The van der Waals surface area contributed by atoms with E-state index >= 15 is 0 Å². The largest absolute Gasteiger partial charge is 0.266 e. The predicted molar refractivity (Wildman–Crippen MR) is 94.7 cm³/mol. The molecule has 3 aromatic rings. The van der Waals surface area contributed by atoms with Gasteiger partial charge < -0.3 is 0 Å². The molecule has 0 aliphatic carbocycles. The molecule has 0 amide bonds. The van der Waals surface area contributed by atoms with Crippen molar-refractivity contribution < 1.29 is 12.8 Å². The van der Waals surface area contributed by atoms with Gasteiger partial charge in [0.2, 0.25) is 0 Å². The van der Waals surface area contributed by atoms with E-state index in [0.717, 1.165) is 5.56 Å². The third kappa shape index (κ3) is 4.18. The maximum absolute atomic E-state index is 13.1. The van der Waals surface area contributed by atoms with Gasteiger partial charge in [0, 0.05) is 17.3 Å². The first-order valence-electron chi connectivity index (χ1n) is 7.40. The fraction of sp³-hybridized carbons (Fsp3) is 0.118. The summed E-state index contributed by atoms with van der Waals surface area (Å²) in [6.45, 7) is 2.18. The molecule has 1 N–H and O–H groups in total. The number of nitrogens with one attached hydrogen (secondary N) is 1. The van der Waals surface area contributed by atoms with Gasteiger partial charge in [0.05, 0.1) is 11.4 Å². The third-order valence-electron chi connectivity index (χ3n) is 3.56. The average Bonchev–Trinajstić information content (AvgIpc) is 2.97. The van der Waals surface area contributed by atoms with Gasteiger partial charge in [-0.3, -0.25) is 9.40 Å². The molecule has 130 valence electrons. The van der Waals surface area contributed by atoms with Crippen LogP contribution in [0, 0.1) is 12.7 Å². The molecular weight excluding hydrogens is 365 g/mol. The molecule has 1 heterocycles. The van der Waals surface area contributed by atoms with Crippen LogP contribution in [0.2, 0.25) is 5.02 Å². The Morgan fingerprint density at radius 2 is 1.88 bits per heavy atom. The third-order valence-corrected chi connectivity index (χ3v) is 5.28. The van der Waals surface area contributed by atoms with Crippen molar-refractivity contribution in [2.45, 2.75) is 18.4 Å². The lowest BCUT2D eigenvalue weighted by Gasteiger charge is -2.06. The van der Waals surface area contributed by atoms with E-state index in [2.05, 4.69) is 9.82 Å². The van der Waals surface area contributed by atoms with Crippen LogP contribution in [0.1, 0.15) is 11.1 Å². The van der Waals surface area contributed by atoms with Crippen LogP contribution in [-0.4, -0.2) is 18.2 Å². The molecule has 0 radical (unpaired) electrons. The summed E-state index contributed by atoms with van der Waals surface area (Å²) in [4.78, 5) is 0.161. The summed E-state index contributed by atoms with van der Waals surface area (Å²) >= 11 is 5.99. The van der Waals surface area contributed by atoms with Crippen molar-refractivity contribution in [3.63, 3.8) is 0 Å². The number of sulfonamides is 1. The van der Waals surface area contributed by atoms with Crippen molar-refractivity contribution in [3.05, 3.63) is 76.7 Å². The highest BCUT2D eigenvalue weighted by molar-refractivity contribution is 7.92. The molecule has 0 saturated carbocycles. The topological polar surface area (TPSA) is 64.0 Å². The highest BCUT2D eigenvalue weighted by Crippen LogP contribution is 2.19. The average molecular weight is 380 g/mol. The van der Waals surface area contributed by atoms with E-state index < -0.39 is 15.8 Å². The standard InChI is InChI=1S/C17H15ClFN3O2S/c1-12-2-6-15(7-3-12)25(23,24)21-17-8-9-22(20-17)11-13-4-5-14(19)10-16(13)18/h2-10H,11H2,1H3,(H,20,21). The van der Waals surface area contributed by atoms with E-state index in [1.807, 2.05) is 6.92 Å². The first-order chi connectivity index (χ1) is 11.8. The number of anilines is 1. The zero-order valence-corrected chi connectivity index (χ0v) is 14.9. The van der Waals surface area contributed by atoms with E-state index in [1.165, 1.54) is 28.9 Å². The number of nitrogens with zero attached hydrogens (tertiary/aromatic N) is 2. The van der Waals surface area contributed by atoms with Gasteiger partial charge in [0.15, 0.2) is 5.82 Å². The number of halogens is 2. The van der Waals surface area contributed by atoms with E-state index in [1.54, 1.807) is 30.5 Å². The van der Waals surface area contributed by atoms with Gasteiger partial charge in [-0.25, -0.2) is 12.8 Å². The first-order valence-corrected chi connectivity index (χ1v) is 9.26. The normalized spacial score (nSPS) is 11.5. The Kier molecular flexibility index (Phi) is 4.78. The molecule has 0 fully saturated rings. The zero-order chi connectivity index (χ0) is 18.0. The smallest absolute Gasteiger partial charge is 0.263 e. The lowest BCUT2D eigenvalue weighted by atomic mass is 10.2. The minimum absolute atomic E-state index is 0.161. The van der Waals surface area contributed by atoms with Gasteiger partial charge >= 0.3 is 0 Å². The SMILES string of the molecule is Cc1ccc(S(=O)(=O)Nc2ccn(Cc3ccc(F)cc3Cl)n2)cc1. The Morgan fingerprint density at radius 3 is 2.56 bits per heavy atom. The predicted octanol–water partition coefficient (Wildman–Crippen LogP) is 3.83. The Hall–Kier alpha value is -2.38. The fourth-order valence-corrected chi connectivity index (χ4v) is 3.47. The molecule has 5 nitrogen and oxygen atoms in total. The molecule has 0 unspecified atom stereocenters. The summed E-state index contributed by atoms with van der Waals surface area (Å²) in [6, 6.07) is 12.2. The molecule has 0 bridgehead atoms. The van der Waals surface area contributed by atoms with Gasteiger partial charge in [0.25, 0.3) is 10.0 Å². The van der Waals surface area contributed by atoms with Gasteiger partial charge in [0.1, 0.15) is 5.82 Å². The molecule has 3 rings (SSSR count). The molecule has 8 heteroatoms. The maximum atomic E-state index is 13.1. The number of hydrogen-bond acceptors (Lipinski definition) is 3. The lowest BCUT2D eigenvalue weighted by Crippen LogP contribution is -2.13. The van der Waals surface area contributed by atoms with Crippen LogP contribution in [0.15, 0.2) is 59.6 Å². The first kappa shape index (κ1) is 17.4. The van der Waals surface area contributed by atoms with Crippen molar-refractivity contribution in [1.82, 2.24) is 9.78 Å². The van der Waals surface area contributed by atoms with E-state index in [4.69, 9.17) is 11.6 Å². The van der Waals surface area contributed by atoms with Gasteiger partial charge in [-0.15, -0.1) is 0 Å². The minimum Gasteiger partial charge on any atom is -0.266 e. The molecular formula is C17H15ClFN3O2S. The van der Waals surface area contributed by atoms with Gasteiger partial charge in [-0.2, -0.15) is 5.10 Å². The van der Waals surface area contributed by atoms with Crippen LogP contribution in [0.5, 0.6) is 0 Å². The second-order valence-corrected chi connectivity index (χ2v) is 7.64.